The largest absolute Gasteiger partial charge is 0.331 e. The molecule has 0 bridgehead atoms. The molecule has 0 aliphatic carbocycles. The Labute approximate surface area is 81.5 Å². The van der Waals surface area contributed by atoms with E-state index in [0.29, 0.717) is 10.8 Å². The number of halogens is 1. The second kappa shape index (κ2) is 4.09. The molecule has 0 aliphatic heterocycles. The van der Waals surface area contributed by atoms with Crippen LogP contribution in [0.3, 0.4) is 0 Å². The fourth-order valence-electron chi connectivity index (χ4n) is 0.716. The number of nitrogens with one attached hydrogen (secondary N) is 1. The van der Waals surface area contributed by atoms with E-state index in [4.69, 9.17) is 11.6 Å². The maximum atomic E-state index is 11.2. The quantitative estimate of drug-likeness (QED) is 0.702. The molecule has 1 aromatic rings. The predicted molar refractivity (Wildman–Crippen MR) is 52.0 cm³/mol. The molecule has 1 rings (SSSR count). The molecule has 2 amide bonds. The highest BCUT2D eigenvalue weighted by atomic mass is 35.5. The number of nitrogens with zero attached hydrogens (tertiary/aromatic N) is 2. The minimum atomic E-state index is -0.192. The van der Waals surface area contributed by atoms with E-state index in [1.807, 2.05) is 0 Å². The summed E-state index contributed by atoms with van der Waals surface area (Å²) in [7, 11) is 3.33. The zero-order chi connectivity index (χ0) is 9.84. The molecule has 1 heterocycles. The van der Waals surface area contributed by atoms with Crippen LogP contribution < -0.4 is 5.32 Å². The zero-order valence-corrected chi connectivity index (χ0v) is 8.17. The van der Waals surface area contributed by atoms with Crippen molar-refractivity contribution in [1.82, 2.24) is 9.88 Å². The fourth-order valence-corrected chi connectivity index (χ4v) is 0.889. The van der Waals surface area contributed by atoms with Crippen molar-refractivity contribution in [3.05, 3.63) is 23.5 Å². The van der Waals surface area contributed by atoms with Crippen molar-refractivity contribution < 1.29 is 4.79 Å². The van der Waals surface area contributed by atoms with Crippen molar-refractivity contribution in [2.24, 2.45) is 0 Å². The van der Waals surface area contributed by atoms with Gasteiger partial charge in [0.25, 0.3) is 0 Å². The number of carbonyl (C=O) groups excluding carboxylic acids is 1. The molecule has 1 N–H and O–H groups in total. The third kappa shape index (κ3) is 2.91. The Hall–Kier alpha value is -1.29. The highest BCUT2D eigenvalue weighted by molar-refractivity contribution is 6.29. The summed E-state index contributed by atoms with van der Waals surface area (Å²) in [6.07, 6.45) is 1.54. The van der Waals surface area contributed by atoms with Gasteiger partial charge in [0.2, 0.25) is 0 Å². The fraction of sp³-hybridized carbons (Fsp3) is 0.250. The maximum Gasteiger partial charge on any atom is 0.321 e. The molecular formula is C8H10ClN3O. The second-order valence-electron chi connectivity index (χ2n) is 2.69. The molecule has 4 nitrogen and oxygen atoms in total. The number of rotatable bonds is 1. The average Bonchev–Trinajstić information content (AvgIpc) is 2.04. The van der Waals surface area contributed by atoms with E-state index < -0.39 is 0 Å². The first-order valence-electron chi connectivity index (χ1n) is 3.69. The lowest BCUT2D eigenvalue weighted by Gasteiger charge is -2.11. The summed E-state index contributed by atoms with van der Waals surface area (Å²) in [5.41, 5.74) is 0.638. The maximum absolute atomic E-state index is 11.2. The molecule has 0 fully saturated rings. The smallest absolute Gasteiger partial charge is 0.321 e. The van der Waals surface area contributed by atoms with Crippen molar-refractivity contribution >= 4 is 23.3 Å². The van der Waals surface area contributed by atoms with E-state index in [1.165, 1.54) is 11.1 Å². The van der Waals surface area contributed by atoms with Crippen LogP contribution in [-0.4, -0.2) is 30.0 Å². The third-order valence-corrected chi connectivity index (χ3v) is 1.59. The Balaban J connectivity index is 2.69. The molecule has 0 saturated heterocycles. The molecule has 1 aromatic heterocycles. The van der Waals surface area contributed by atoms with E-state index in [-0.39, 0.29) is 6.03 Å². The first-order chi connectivity index (χ1) is 6.09. The van der Waals surface area contributed by atoms with Gasteiger partial charge in [-0.1, -0.05) is 11.6 Å². The van der Waals surface area contributed by atoms with Crippen LogP contribution in [0, 0.1) is 0 Å². The van der Waals surface area contributed by atoms with Gasteiger partial charge in [0.15, 0.2) is 0 Å². The average molecular weight is 200 g/mol. The number of hydrogen-bond donors (Lipinski definition) is 1. The van der Waals surface area contributed by atoms with Crippen LogP contribution in [0.15, 0.2) is 18.3 Å². The number of aromatic nitrogens is 1. The molecule has 0 spiro atoms. The molecule has 13 heavy (non-hydrogen) atoms. The summed E-state index contributed by atoms with van der Waals surface area (Å²) >= 11 is 5.63. The van der Waals surface area contributed by atoms with Gasteiger partial charge >= 0.3 is 6.03 Å². The van der Waals surface area contributed by atoms with Gasteiger partial charge in [-0.25, -0.2) is 9.78 Å². The van der Waals surface area contributed by atoms with Crippen LogP contribution in [0.5, 0.6) is 0 Å². The summed E-state index contributed by atoms with van der Waals surface area (Å²) in [4.78, 5) is 16.4. The Bertz CT molecular complexity index is 314. The van der Waals surface area contributed by atoms with Gasteiger partial charge in [-0.3, -0.25) is 0 Å². The number of amides is 2. The zero-order valence-electron chi connectivity index (χ0n) is 7.41. The van der Waals surface area contributed by atoms with Crippen molar-refractivity contribution in [1.29, 1.82) is 0 Å². The standard InChI is InChI=1S/C8H10ClN3O/c1-12(2)8(13)11-6-3-4-10-7(9)5-6/h3-5H,1-2H3,(H,10,11,13). The number of urea groups is 1. The van der Waals surface area contributed by atoms with Gasteiger partial charge in [-0.2, -0.15) is 0 Å². The van der Waals surface area contributed by atoms with Gasteiger partial charge in [-0.05, 0) is 12.1 Å². The number of carbonyl (C=O) groups is 1. The molecule has 0 unspecified atom stereocenters. The normalized spacial score (nSPS) is 9.46. The molecule has 0 aromatic carbocycles. The minimum Gasteiger partial charge on any atom is -0.331 e. The highest BCUT2D eigenvalue weighted by Crippen LogP contribution is 2.11. The summed E-state index contributed by atoms with van der Waals surface area (Å²) in [6.45, 7) is 0. The molecule has 0 radical (unpaired) electrons. The van der Waals surface area contributed by atoms with Crippen molar-refractivity contribution in [2.75, 3.05) is 19.4 Å². The molecular weight excluding hydrogens is 190 g/mol. The molecule has 0 aliphatic rings. The lowest BCUT2D eigenvalue weighted by molar-refractivity contribution is 0.230. The molecule has 0 atom stereocenters. The summed E-state index contributed by atoms with van der Waals surface area (Å²) < 4.78 is 0. The van der Waals surface area contributed by atoms with Crippen LogP contribution in [0.4, 0.5) is 10.5 Å². The van der Waals surface area contributed by atoms with Crippen molar-refractivity contribution in [2.45, 2.75) is 0 Å². The molecule has 0 saturated carbocycles. The molecule has 70 valence electrons. The number of pyridine rings is 1. The van der Waals surface area contributed by atoms with E-state index >= 15 is 0 Å². The Kier molecular flexibility index (Phi) is 3.08. The minimum absolute atomic E-state index is 0.192. The predicted octanol–water partition coefficient (Wildman–Crippen LogP) is 1.83. The summed E-state index contributed by atoms with van der Waals surface area (Å²) in [5, 5.41) is 3.00. The van der Waals surface area contributed by atoms with Crippen molar-refractivity contribution in [3.63, 3.8) is 0 Å². The van der Waals surface area contributed by atoms with Crippen molar-refractivity contribution in [3.8, 4) is 0 Å². The van der Waals surface area contributed by atoms with Gasteiger partial charge < -0.3 is 10.2 Å². The lowest BCUT2D eigenvalue weighted by Crippen LogP contribution is -2.27. The Morgan fingerprint density at radius 3 is 2.85 bits per heavy atom. The van der Waals surface area contributed by atoms with E-state index in [1.54, 1.807) is 26.2 Å². The van der Waals surface area contributed by atoms with E-state index in [0.717, 1.165) is 0 Å². The summed E-state index contributed by atoms with van der Waals surface area (Å²) in [5.74, 6) is 0. The Morgan fingerprint density at radius 1 is 1.62 bits per heavy atom. The second-order valence-corrected chi connectivity index (χ2v) is 3.08. The monoisotopic (exact) mass is 199 g/mol. The first-order valence-corrected chi connectivity index (χ1v) is 4.07. The van der Waals surface area contributed by atoms with Gasteiger partial charge in [0.05, 0.1) is 0 Å². The van der Waals surface area contributed by atoms with Crippen LogP contribution in [-0.2, 0) is 0 Å². The van der Waals surface area contributed by atoms with Crippen LogP contribution >= 0.6 is 11.6 Å². The molecule has 5 heteroatoms. The third-order valence-electron chi connectivity index (χ3n) is 1.38. The topological polar surface area (TPSA) is 45.2 Å². The number of anilines is 1. The van der Waals surface area contributed by atoms with Gasteiger partial charge in [0, 0.05) is 26.0 Å². The number of hydrogen-bond acceptors (Lipinski definition) is 2. The Morgan fingerprint density at radius 2 is 2.31 bits per heavy atom. The van der Waals surface area contributed by atoms with Gasteiger partial charge in [-0.15, -0.1) is 0 Å². The van der Waals surface area contributed by atoms with E-state index in [2.05, 4.69) is 10.3 Å². The van der Waals surface area contributed by atoms with Crippen LogP contribution in [0.2, 0.25) is 5.15 Å². The van der Waals surface area contributed by atoms with Gasteiger partial charge in [0.1, 0.15) is 5.15 Å². The van der Waals surface area contributed by atoms with Crippen LogP contribution in [0.25, 0.3) is 0 Å². The van der Waals surface area contributed by atoms with Crippen LogP contribution in [0.1, 0.15) is 0 Å². The summed E-state index contributed by atoms with van der Waals surface area (Å²) in [6, 6.07) is 3.07. The van der Waals surface area contributed by atoms with E-state index in [9.17, 15) is 4.79 Å². The highest BCUT2D eigenvalue weighted by Gasteiger charge is 2.03. The SMILES string of the molecule is CN(C)C(=O)Nc1ccnc(Cl)c1. The lowest BCUT2D eigenvalue weighted by atomic mass is 10.4. The first kappa shape index (κ1) is 9.80.